The third-order valence-electron chi connectivity index (χ3n) is 3.51. The second-order valence-electron chi connectivity index (χ2n) is 4.96. The second-order valence-corrected chi connectivity index (χ2v) is 6.15. The van der Waals surface area contributed by atoms with Crippen LogP contribution in [0.15, 0.2) is 84.5 Å². The Morgan fingerprint density at radius 2 is 1.43 bits per heavy atom. The van der Waals surface area contributed by atoms with E-state index < -0.39 is 0 Å². The molecule has 0 amide bonds. The minimum atomic E-state index is -0.308. The van der Waals surface area contributed by atoms with Crippen molar-refractivity contribution in [2.24, 2.45) is 0 Å². The molecule has 2 rings (SSSR count). The number of allylic oxidation sites excluding steroid dienone is 4. The smallest absolute Gasteiger partial charge is 0.0873 e. The summed E-state index contributed by atoms with van der Waals surface area (Å²) in [5.74, 6) is 0. The van der Waals surface area contributed by atoms with Crippen LogP contribution in [0.25, 0.3) is 0 Å². The number of hydrogen-bond acceptors (Lipinski definition) is 0. The first-order chi connectivity index (χ1) is 10.2. The first kappa shape index (κ1) is 15.8. The zero-order valence-electron chi connectivity index (χ0n) is 12.6. The Morgan fingerprint density at radius 1 is 0.952 bits per heavy atom. The van der Waals surface area contributed by atoms with Gasteiger partial charge < -0.3 is 0 Å². The van der Waals surface area contributed by atoms with Crippen LogP contribution in [-0.2, 0) is 4.32 Å². The quantitative estimate of drug-likeness (QED) is 0.446. The Labute approximate surface area is 136 Å². The number of benzene rings is 2. The van der Waals surface area contributed by atoms with Gasteiger partial charge in [-0.3, -0.25) is 0 Å². The molecule has 0 unspecified atom stereocenters. The lowest BCUT2D eigenvalue weighted by Crippen LogP contribution is -2.22. The van der Waals surface area contributed by atoms with Crippen LogP contribution in [-0.4, -0.2) is 0 Å². The normalized spacial score (nSPS) is 12.8. The van der Waals surface area contributed by atoms with Gasteiger partial charge in [-0.2, -0.15) is 0 Å². The van der Waals surface area contributed by atoms with Crippen molar-refractivity contribution >= 4 is 15.9 Å². The van der Waals surface area contributed by atoms with E-state index in [1.165, 1.54) is 16.7 Å². The van der Waals surface area contributed by atoms with Crippen LogP contribution in [0, 0.1) is 0 Å². The summed E-state index contributed by atoms with van der Waals surface area (Å²) in [6.45, 7) is 4.24. The van der Waals surface area contributed by atoms with E-state index in [1.54, 1.807) is 0 Å². The molecule has 108 valence electrons. The molecule has 0 spiro atoms. The molecular formula is C20H21Br. The summed E-state index contributed by atoms with van der Waals surface area (Å²) < 4.78 is -0.308. The van der Waals surface area contributed by atoms with E-state index in [1.807, 2.05) is 0 Å². The average Bonchev–Trinajstić information content (AvgIpc) is 2.55. The van der Waals surface area contributed by atoms with Crippen LogP contribution >= 0.6 is 15.9 Å². The van der Waals surface area contributed by atoms with Crippen molar-refractivity contribution in [1.82, 2.24) is 0 Å². The maximum absolute atomic E-state index is 4.05. The van der Waals surface area contributed by atoms with Gasteiger partial charge in [-0.1, -0.05) is 102 Å². The van der Waals surface area contributed by atoms with Gasteiger partial charge in [0.2, 0.25) is 0 Å². The summed E-state index contributed by atoms with van der Waals surface area (Å²) in [5, 5.41) is 0. The predicted octanol–water partition coefficient (Wildman–Crippen LogP) is 6.24. The molecular weight excluding hydrogens is 320 g/mol. The highest BCUT2D eigenvalue weighted by Crippen LogP contribution is 2.45. The third kappa shape index (κ3) is 3.36. The molecule has 2 aromatic carbocycles. The van der Waals surface area contributed by atoms with Gasteiger partial charge in [0.05, 0.1) is 0 Å². The van der Waals surface area contributed by atoms with Crippen molar-refractivity contribution < 1.29 is 0 Å². The maximum Gasteiger partial charge on any atom is 0.100 e. The van der Waals surface area contributed by atoms with Crippen molar-refractivity contribution in [3.8, 4) is 0 Å². The first-order valence-corrected chi connectivity index (χ1v) is 8.16. The minimum Gasteiger partial charge on any atom is -0.0873 e. The van der Waals surface area contributed by atoms with Crippen LogP contribution < -0.4 is 0 Å². The van der Waals surface area contributed by atoms with Gasteiger partial charge in [0, 0.05) is 0 Å². The fourth-order valence-electron chi connectivity index (χ4n) is 2.56. The number of halogens is 1. The van der Waals surface area contributed by atoms with Crippen LogP contribution in [0.4, 0.5) is 0 Å². The van der Waals surface area contributed by atoms with E-state index in [0.29, 0.717) is 0 Å². The zero-order chi connectivity index (χ0) is 15.1. The third-order valence-corrected chi connectivity index (χ3v) is 4.88. The van der Waals surface area contributed by atoms with Gasteiger partial charge in [-0.05, 0) is 30.0 Å². The summed E-state index contributed by atoms with van der Waals surface area (Å²) >= 11 is 4.05. The standard InChI is InChI=1S/C20H21Br/c1-3-11-17(12-4-2)20(21,18-13-7-5-8-14-18)19-15-9-6-10-16-19/h3,5-16H,4H2,1-2H3/b11-3-,17-12+. The molecule has 1 heteroatoms. The summed E-state index contributed by atoms with van der Waals surface area (Å²) in [4.78, 5) is 0. The molecule has 2 aromatic rings. The molecule has 21 heavy (non-hydrogen) atoms. The molecule has 0 aliphatic rings. The average molecular weight is 341 g/mol. The lowest BCUT2D eigenvalue weighted by atomic mass is 9.84. The molecule has 0 atom stereocenters. The fourth-order valence-corrected chi connectivity index (χ4v) is 3.38. The van der Waals surface area contributed by atoms with E-state index in [4.69, 9.17) is 0 Å². The molecule has 0 radical (unpaired) electrons. The predicted molar refractivity (Wildman–Crippen MR) is 95.8 cm³/mol. The van der Waals surface area contributed by atoms with Crippen LogP contribution in [0.3, 0.4) is 0 Å². The van der Waals surface area contributed by atoms with Crippen molar-refractivity contribution in [3.05, 3.63) is 95.6 Å². The Morgan fingerprint density at radius 3 is 1.81 bits per heavy atom. The van der Waals surface area contributed by atoms with E-state index in [9.17, 15) is 0 Å². The molecule has 0 nitrogen and oxygen atoms in total. The highest BCUT2D eigenvalue weighted by Gasteiger charge is 2.33. The zero-order valence-corrected chi connectivity index (χ0v) is 14.2. The second kappa shape index (κ2) is 7.42. The fraction of sp³-hybridized carbons (Fsp3) is 0.200. The lowest BCUT2D eigenvalue weighted by molar-refractivity contribution is 0.904. The highest BCUT2D eigenvalue weighted by atomic mass is 79.9. The number of hydrogen-bond donors (Lipinski definition) is 0. The van der Waals surface area contributed by atoms with Crippen molar-refractivity contribution in [1.29, 1.82) is 0 Å². The van der Waals surface area contributed by atoms with E-state index >= 15 is 0 Å². The molecule has 0 saturated heterocycles. The molecule has 0 aromatic heterocycles. The minimum absolute atomic E-state index is 0.308. The van der Waals surface area contributed by atoms with Crippen LogP contribution in [0.5, 0.6) is 0 Å². The van der Waals surface area contributed by atoms with Gasteiger partial charge in [-0.15, -0.1) is 0 Å². The molecule has 0 N–H and O–H groups in total. The summed E-state index contributed by atoms with van der Waals surface area (Å²) in [6.07, 6.45) is 7.59. The number of rotatable bonds is 5. The van der Waals surface area contributed by atoms with E-state index in [0.717, 1.165) is 6.42 Å². The van der Waals surface area contributed by atoms with Gasteiger partial charge in [0.25, 0.3) is 0 Å². The Hall–Kier alpha value is -1.60. The molecule has 0 saturated carbocycles. The Kier molecular flexibility index (Phi) is 5.58. The van der Waals surface area contributed by atoms with Crippen molar-refractivity contribution in [2.45, 2.75) is 24.6 Å². The topological polar surface area (TPSA) is 0 Å². The largest absolute Gasteiger partial charge is 0.100 e. The number of alkyl halides is 1. The van der Waals surface area contributed by atoms with Gasteiger partial charge in [-0.25, -0.2) is 0 Å². The van der Waals surface area contributed by atoms with Crippen LogP contribution in [0.2, 0.25) is 0 Å². The molecule has 0 bridgehead atoms. The van der Waals surface area contributed by atoms with E-state index in [-0.39, 0.29) is 4.32 Å². The summed E-state index contributed by atoms with van der Waals surface area (Å²) in [7, 11) is 0. The SMILES string of the molecule is C/C=C\C(=C/CC)C(Br)(c1ccccc1)c1ccccc1. The monoisotopic (exact) mass is 340 g/mol. The summed E-state index contributed by atoms with van der Waals surface area (Å²) in [6, 6.07) is 21.2. The molecule has 0 aliphatic carbocycles. The van der Waals surface area contributed by atoms with E-state index in [2.05, 4.69) is 109 Å². The van der Waals surface area contributed by atoms with Gasteiger partial charge in [0.15, 0.2) is 0 Å². The van der Waals surface area contributed by atoms with Gasteiger partial charge in [0.1, 0.15) is 4.32 Å². The summed E-state index contributed by atoms with van der Waals surface area (Å²) in [5.41, 5.74) is 3.76. The molecule has 0 aliphatic heterocycles. The Balaban J connectivity index is 2.68. The van der Waals surface area contributed by atoms with Crippen molar-refractivity contribution in [2.75, 3.05) is 0 Å². The first-order valence-electron chi connectivity index (χ1n) is 7.36. The highest BCUT2D eigenvalue weighted by molar-refractivity contribution is 9.10. The Bertz CT molecular complexity index is 569. The molecule has 0 fully saturated rings. The van der Waals surface area contributed by atoms with Gasteiger partial charge >= 0.3 is 0 Å². The van der Waals surface area contributed by atoms with Crippen LogP contribution in [0.1, 0.15) is 31.4 Å². The molecule has 0 heterocycles. The maximum atomic E-state index is 4.05. The lowest BCUT2D eigenvalue weighted by Gasteiger charge is -2.31. The van der Waals surface area contributed by atoms with Crippen molar-refractivity contribution in [3.63, 3.8) is 0 Å².